The van der Waals surface area contributed by atoms with E-state index in [0.29, 0.717) is 0 Å². The summed E-state index contributed by atoms with van der Waals surface area (Å²) in [6, 6.07) is 12.2. The van der Waals surface area contributed by atoms with E-state index in [1.165, 1.54) is 11.1 Å². The minimum absolute atomic E-state index is 0.846. The maximum absolute atomic E-state index is 5.46. The summed E-state index contributed by atoms with van der Waals surface area (Å²) in [6.07, 6.45) is 5.46. The van der Waals surface area contributed by atoms with Crippen LogP contribution in [0.15, 0.2) is 36.4 Å². The molecule has 0 unspecified atom stereocenters. The zero-order valence-electron chi connectivity index (χ0n) is 10.9. The van der Waals surface area contributed by atoms with E-state index in [2.05, 4.69) is 38.0 Å². The van der Waals surface area contributed by atoms with Crippen LogP contribution in [-0.4, -0.2) is 7.11 Å². The lowest BCUT2D eigenvalue weighted by Crippen LogP contribution is -1.90. The molecule has 0 heterocycles. The molecule has 1 nitrogen and oxygen atoms in total. The summed E-state index contributed by atoms with van der Waals surface area (Å²) < 4.78 is 5.41. The smallest absolute Gasteiger partial charge is 0.126 e. The monoisotopic (exact) mass is 236 g/mol. The van der Waals surface area contributed by atoms with Gasteiger partial charge < -0.3 is 4.74 Å². The molecule has 0 saturated carbocycles. The molecule has 0 aliphatic carbocycles. The van der Waals surface area contributed by atoms with Crippen molar-refractivity contribution in [3.8, 4) is 29.2 Å². The van der Waals surface area contributed by atoms with E-state index in [1.54, 1.807) is 7.11 Å². The molecular weight excluding hydrogens is 220 g/mol. The summed E-state index contributed by atoms with van der Waals surface area (Å²) in [5, 5.41) is 0. The molecule has 0 spiro atoms. The molecule has 90 valence electrons. The molecule has 0 aliphatic heterocycles. The van der Waals surface area contributed by atoms with Crippen molar-refractivity contribution in [3.63, 3.8) is 0 Å². The molecule has 2 aromatic carbocycles. The molecular formula is C17H16O. The third-order valence-corrected chi connectivity index (χ3v) is 2.90. The highest BCUT2D eigenvalue weighted by atomic mass is 16.5. The minimum Gasteiger partial charge on any atom is -0.496 e. The second-order valence-electron chi connectivity index (χ2n) is 4.44. The van der Waals surface area contributed by atoms with E-state index in [0.717, 1.165) is 22.4 Å². The summed E-state index contributed by atoms with van der Waals surface area (Å²) in [5.41, 5.74) is 5.52. The Labute approximate surface area is 108 Å². The van der Waals surface area contributed by atoms with Crippen LogP contribution in [0.5, 0.6) is 5.75 Å². The van der Waals surface area contributed by atoms with Gasteiger partial charge in [-0.15, -0.1) is 6.42 Å². The van der Waals surface area contributed by atoms with Gasteiger partial charge >= 0.3 is 0 Å². The highest BCUT2D eigenvalue weighted by Crippen LogP contribution is 2.31. The second kappa shape index (κ2) is 4.98. The molecule has 1 heteroatoms. The quantitative estimate of drug-likeness (QED) is 0.717. The van der Waals surface area contributed by atoms with Crippen LogP contribution in [-0.2, 0) is 0 Å². The number of benzene rings is 2. The molecule has 0 atom stereocenters. The Hall–Kier alpha value is -2.20. The van der Waals surface area contributed by atoms with Crippen LogP contribution in [0.3, 0.4) is 0 Å². The maximum atomic E-state index is 5.46. The van der Waals surface area contributed by atoms with Gasteiger partial charge in [-0.2, -0.15) is 0 Å². The van der Waals surface area contributed by atoms with Crippen LogP contribution >= 0.6 is 0 Å². The van der Waals surface area contributed by atoms with E-state index in [9.17, 15) is 0 Å². The Morgan fingerprint density at radius 1 is 1.00 bits per heavy atom. The fraction of sp³-hybridized carbons (Fsp3) is 0.176. The second-order valence-corrected chi connectivity index (χ2v) is 4.44. The fourth-order valence-electron chi connectivity index (χ4n) is 2.15. The van der Waals surface area contributed by atoms with Gasteiger partial charge in [-0.3, -0.25) is 0 Å². The third kappa shape index (κ3) is 2.38. The Balaban J connectivity index is 2.65. The lowest BCUT2D eigenvalue weighted by Gasteiger charge is -2.11. The molecule has 0 bridgehead atoms. The van der Waals surface area contributed by atoms with Crippen LogP contribution < -0.4 is 4.74 Å². The Morgan fingerprint density at radius 3 is 2.22 bits per heavy atom. The molecule has 0 saturated heterocycles. The molecule has 0 amide bonds. The van der Waals surface area contributed by atoms with Crippen LogP contribution in [0.2, 0.25) is 0 Å². The third-order valence-electron chi connectivity index (χ3n) is 2.90. The summed E-state index contributed by atoms with van der Waals surface area (Å²) in [5.74, 6) is 3.51. The number of methoxy groups -OCH3 is 1. The van der Waals surface area contributed by atoms with Crippen molar-refractivity contribution in [2.75, 3.05) is 7.11 Å². The van der Waals surface area contributed by atoms with Crippen LogP contribution in [0.1, 0.15) is 16.7 Å². The first-order valence-corrected chi connectivity index (χ1v) is 5.87. The van der Waals surface area contributed by atoms with Crippen LogP contribution in [0.4, 0.5) is 0 Å². The van der Waals surface area contributed by atoms with Crippen molar-refractivity contribution in [3.05, 3.63) is 53.1 Å². The van der Waals surface area contributed by atoms with Gasteiger partial charge in [0.05, 0.1) is 7.11 Å². The summed E-state index contributed by atoms with van der Waals surface area (Å²) in [7, 11) is 1.68. The number of terminal acetylenes is 1. The first-order chi connectivity index (χ1) is 8.63. The van der Waals surface area contributed by atoms with Crippen molar-refractivity contribution >= 4 is 0 Å². The number of rotatable bonds is 2. The Bertz CT molecular complexity index is 598. The maximum Gasteiger partial charge on any atom is 0.126 e. The fourth-order valence-corrected chi connectivity index (χ4v) is 2.15. The van der Waals surface area contributed by atoms with E-state index in [-0.39, 0.29) is 0 Å². The Kier molecular flexibility index (Phi) is 3.39. The molecule has 0 aromatic heterocycles. The lowest BCUT2D eigenvalue weighted by atomic mass is 9.98. The number of hydrogen-bond acceptors (Lipinski definition) is 1. The molecule has 18 heavy (non-hydrogen) atoms. The predicted octanol–water partition coefficient (Wildman–Crippen LogP) is 3.96. The van der Waals surface area contributed by atoms with E-state index >= 15 is 0 Å². The number of ether oxygens (including phenoxy) is 1. The van der Waals surface area contributed by atoms with E-state index in [4.69, 9.17) is 11.2 Å². The molecule has 0 radical (unpaired) electrons. The number of aryl methyl sites for hydroxylation is 2. The highest BCUT2D eigenvalue weighted by molar-refractivity contribution is 5.73. The van der Waals surface area contributed by atoms with Gasteiger partial charge in [-0.1, -0.05) is 35.2 Å². The van der Waals surface area contributed by atoms with Crippen molar-refractivity contribution in [1.29, 1.82) is 0 Å². The summed E-state index contributed by atoms with van der Waals surface area (Å²) >= 11 is 0. The zero-order chi connectivity index (χ0) is 13.1. The van der Waals surface area contributed by atoms with Crippen LogP contribution in [0.25, 0.3) is 11.1 Å². The first-order valence-electron chi connectivity index (χ1n) is 5.87. The summed E-state index contributed by atoms with van der Waals surface area (Å²) in [6.45, 7) is 4.18. The SMILES string of the molecule is C#Cc1ccc(OC)c(-c2cc(C)cc(C)c2)c1. The van der Waals surface area contributed by atoms with Gasteiger partial charge in [0.15, 0.2) is 0 Å². The number of hydrogen-bond donors (Lipinski definition) is 0. The van der Waals surface area contributed by atoms with Gasteiger partial charge in [0.25, 0.3) is 0 Å². The van der Waals surface area contributed by atoms with E-state index in [1.807, 2.05) is 18.2 Å². The molecule has 0 N–H and O–H groups in total. The normalized spacial score (nSPS) is 9.89. The van der Waals surface area contributed by atoms with E-state index < -0.39 is 0 Å². The summed E-state index contributed by atoms with van der Waals surface area (Å²) in [4.78, 5) is 0. The lowest BCUT2D eigenvalue weighted by molar-refractivity contribution is 0.416. The van der Waals surface area contributed by atoms with Crippen molar-refractivity contribution < 1.29 is 4.74 Å². The van der Waals surface area contributed by atoms with Crippen molar-refractivity contribution in [2.24, 2.45) is 0 Å². The van der Waals surface area contributed by atoms with Gasteiger partial charge in [-0.05, 0) is 37.6 Å². The topological polar surface area (TPSA) is 9.23 Å². The first kappa shape index (κ1) is 12.3. The minimum atomic E-state index is 0.846. The molecule has 2 aromatic rings. The zero-order valence-corrected chi connectivity index (χ0v) is 10.9. The van der Waals surface area contributed by atoms with Gasteiger partial charge in [-0.25, -0.2) is 0 Å². The highest BCUT2D eigenvalue weighted by Gasteiger charge is 2.07. The van der Waals surface area contributed by atoms with Crippen molar-refractivity contribution in [2.45, 2.75) is 13.8 Å². The van der Waals surface area contributed by atoms with Gasteiger partial charge in [0, 0.05) is 11.1 Å². The van der Waals surface area contributed by atoms with Gasteiger partial charge in [0.1, 0.15) is 5.75 Å². The largest absolute Gasteiger partial charge is 0.496 e. The van der Waals surface area contributed by atoms with Crippen LogP contribution in [0, 0.1) is 26.2 Å². The molecule has 0 aliphatic rings. The molecule has 0 fully saturated rings. The van der Waals surface area contributed by atoms with Crippen molar-refractivity contribution in [1.82, 2.24) is 0 Å². The predicted molar refractivity (Wildman–Crippen MR) is 75.8 cm³/mol. The average molecular weight is 236 g/mol. The molecule has 2 rings (SSSR count). The van der Waals surface area contributed by atoms with Gasteiger partial charge in [0.2, 0.25) is 0 Å². The standard InChI is InChI=1S/C17H16O/c1-5-14-6-7-17(18-4)16(11-14)15-9-12(2)8-13(3)10-15/h1,6-11H,2-4H3. The average Bonchev–Trinajstić information content (AvgIpc) is 2.36. The Morgan fingerprint density at radius 2 is 1.67 bits per heavy atom.